The molecule has 0 heterocycles. The smallest absolute Gasteiger partial charge is 0.261 e. The third-order valence-corrected chi connectivity index (χ3v) is 7.03. The molecule has 6 nitrogen and oxygen atoms in total. The van der Waals surface area contributed by atoms with Crippen LogP contribution in [0.3, 0.4) is 0 Å². The van der Waals surface area contributed by atoms with Crippen LogP contribution in [0.25, 0.3) is 0 Å². The van der Waals surface area contributed by atoms with Crippen molar-refractivity contribution in [3.8, 4) is 5.75 Å². The van der Waals surface area contributed by atoms with Gasteiger partial charge < -0.3 is 10.1 Å². The fourth-order valence-electron chi connectivity index (χ4n) is 3.72. The maximum atomic E-state index is 12.7. The monoisotopic (exact) mass is 428 g/mol. The van der Waals surface area contributed by atoms with Crippen LogP contribution in [0.1, 0.15) is 55.3 Å². The Hall–Kier alpha value is -2.54. The number of amides is 1. The van der Waals surface area contributed by atoms with E-state index in [2.05, 4.69) is 10.0 Å². The quantitative estimate of drug-likeness (QED) is 0.655. The summed E-state index contributed by atoms with van der Waals surface area (Å²) < 4.78 is 33.9. The first-order chi connectivity index (χ1) is 14.5. The standard InChI is InChI=1S/C23H28N2O4S/c26-23(24-19-9-10-19)18-7-4-8-20(15-18)25-30(27,28)22-13-11-21(12-14-22)29-16-17-5-2-1-3-6-17/h4,7-8,11-15,17,19,25H,1-3,5-6,9-10,16H2,(H,24,26). The summed E-state index contributed by atoms with van der Waals surface area (Å²) >= 11 is 0. The van der Waals surface area contributed by atoms with Gasteiger partial charge in [0.05, 0.1) is 11.5 Å². The van der Waals surface area contributed by atoms with Gasteiger partial charge >= 0.3 is 0 Å². The summed E-state index contributed by atoms with van der Waals surface area (Å²) in [6.07, 6.45) is 8.24. The third-order valence-electron chi connectivity index (χ3n) is 5.63. The molecular formula is C23H28N2O4S. The topological polar surface area (TPSA) is 84.5 Å². The van der Waals surface area contributed by atoms with Gasteiger partial charge in [-0.2, -0.15) is 0 Å². The molecule has 4 rings (SSSR count). The Labute approximate surface area is 178 Å². The van der Waals surface area contributed by atoms with Gasteiger partial charge in [-0.1, -0.05) is 25.3 Å². The van der Waals surface area contributed by atoms with E-state index in [9.17, 15) is 13.2 Å². The molecule has 0 spiro atoms. The number of nitrogens with one attached hydrogen (secondary N) is 2. The van der Waals surface area contributed by atoms with Gasteiger partial charge in [0.1, 0.15) is 5.75 Å². The third kappa shape index (κ3) is 5.53. The maximum absolute atomic E-state index is 12.7. The van der Waals surface area contributed by atoms with Crippen molar-refractivity contribution in [3.63, 3.8) is 0 Å². The van der Waals surface area contributed by atoms with Gasteiger partial charge in [0, 0.05) is 17.3 Å². The summed E-state index contributed by atoms with van der Waals surface area (Å²) in [5, 5.41) is 2.90. The summed E-state index contributed by atoms with van der Waals surface area (Å²) in [7, 11) is -3.76. The van der Waals surface area contributed by atoms with Crippen LogP contribution in [0.15, 0.2) is 53.4 Å². The number of sulfonamides is 1. The predicted octanol–water partition coefficient (Wildman–Crippen LogP) is 4.34. The average molecular weight is 429 g/mol. The van der Waals surface area contributed by atoms with Crippen LogP contribution >= 0.6 is 0 Å². The summed E-state index contributed by atoms with van der Waals surface area (Å²) in [4.78, 5) is 12.3. The van der Waals surface area contributed by atoms with Crippen LogP contribution in [0, 0.1) is 5.92 Å². The molecule has 1 amide bonds. The molecule has 0 unspecified atom stereocenters. The predicted molar refractivity (Wildman–Crippen MR) is 116 cm³/mol. The fraction of sp³-hybridized carbons (Fsp3) is 0.435. The summed E-state index contributed by atoms with van der Waals surface area (Å²) in [6.45, 7) is 0.681. The Balaban J connectivity index is 1.37. The Morgan fingerprint density at radius 1 is 0.967 bits per heavy atom. The van der Waals surface area contributed by atoms with Crippen LogP contribution in [-0.2, 0) is 10.0 Å². The minimum Gasteiger partial charge on any atom is -0.493 e. The van der Waals surface area contributed by atoms with Crippen molar-refractivity contribution < 1.29 is 17.9 Å². The highest BCUT2D eigenvalue weighted by molar-refractivity contribution is 7.92. The van der Waals surface area contributed by atoms with Gasteiger partial charge in [0.15, 0.2) is 0 Å². The zero-order chi connectivity index (χ0) is 21.0. The highest BCUT2D eigenvalue weighted by Gasteiger charge is 2.24. The van der Waals surface area contributed by atoms with E-state index in [-0.39, 0.29) is 16.8 Å². The molecule has 2 saturated carbocycles. The van der Waals surface area contributed by atoms with Crippen LogP contribution in [0.2, 0.25) is 0 Å². The first-order valence-corrected chi connectivity index (χ1v) is 12.1. The van der Waals surface area contributed by atoms with Crippen LogP contribution in [0.4, 0.5) is 5.69 Å². The Morgan fingerprint density at radius 2 is 1.70 bits per heavy atom. The second kappa shape index (κ2) is 9.08. The van der Waals surface area contributed by atoms with Crippen LogP contribution < -0.4 is 14.8 Å². The van der Waals surface area contributed by atoms with Gasteiger partial charge in [-0.3, -0.25) is 9.52 Å². The number of anilines is 1. The molecule has 0 bridgehead atoms. The fourth-order valence-corrected chi connectivity index (χ4v) is 4.77. The van der Waals surface area contributed by atoms with Crippen molar-refractivity contribution in [1.29, 1.82) is 0 Å². The SMILES string of the molecule is O=C(NC1CC1)c1cccc(NS(=O)(=O)c2ccc(OCC3CCCCC3)cc2)c1. The van der Waals surface area contributed by atoms with Gasteiger partial charge in [0.2, 0.25) is 0 Å². The lowest BCUT2D eigenvalue weighted by Crippen LogP contribution is -2.25. The van der Waals surface area contributed by atoms with Crippen molar-refractivity contribution in [3.05, 3.63) is 54.1 Å². The number of benzene rings is 2. The average Bonchev–Trinajstić information content (AvgIpc) is 3.57. The molecule has 0 aromatic heterocycles. The molecule has 0 aliphatic heterocycles. The lowest BCUT2D eigenvalue weighted by molar-refractivity contribution is 0.0951. The highest BCUT2D eigenvalue weighted by Crippen LogP contribution is 2.26. The first kappa shape index (κ1) is 20.7. The van der Waals surface area contributed by atoms with E-state index in [1.54, 1.807) is 48.5 Å². The number of ether oxygens (including phenoxy) is 1. The molecule has 2 N–H and O–H groups in total. The minimum atomic E-state index is -3.76. The lowest BCUT2D eigenvalue weighted by Gasteiger charge is -2.21. The van der Waals surface area contributed by atoms with Crippen LogP contribution in [0.5, 0.6) is 5.75 Å². The molecule has 2 aromatic carbocycles. The molecule has 30 heavy (non-hydrogen) atoms. The highest BCUT2D eigenvalue weighted by atomic mass is 32.2. The van der Waals surface area contributed by atoms with E-state index >= 15 is 0 Å². The van der Waals surface area contributed by atoms with Gasteiger partial charge in [-0.15, -0.1) is 0 Å². The van der Waals surface area contributed by atoms with E-state index in [1.807, 2.05) is 0 Å². The summed E-state index contributed by atoms with van der Waals surface area (Å²) in [6, 6.07) is 13.2. The van der Waals surface area contributed by atoms with Gasteiger partial charge in [-0.25, -0.2) is 8.42 Å². The first-order valence-electron chi connectivity index (χ1n) is 10.7. The van der Waals surface area contributed by atoms with E-state index in [0.29, 0.717) is 29.5 Å². The van der Waals surface area contributed by atoms with Gasteiger partial charge in [0.25, 0.3) is 15.9 Å². The molecule has 2 aliphatic rings. The van der Waals surface area contributed by atoms with Crippen LogP contribution in [-0.4, -0.2) is 27.0 Å². The van der Waals surface area contributed by atoms with Crippen molar-refractivity contribution >= 4 is 21.6 Å². The zero-order valence-electron chi connectivity index (χ0n) is 17.0. The Bertz CT molecular complexity index is 979. The molecule has 2 aromatic rings. The van der Waals surface area contributed by atoms with Gasteiger partial charge in [-0.05, 0) is 74.1 Å². The number of carbonyl (C=O) groups excluding carboxylic acids is 1. The summed E-state index contributed by atoms with van der Waals surface area (Å²) in [5.74, 6) is 1.09. The molecule has 2 fully saturated rings. The van der Waals surface area contributed by atoms with Crippen molar-refractivity contribution in [2.75, 3.05) is 11.3 Å². The van der Waals surface area contributed by atoms with E-state index in [1.165, 1.54) is 32.1 Å². The maximum Gasteiger partial charge on any atom is 0.261 e. The second-order valence-corrected chi connectivity index (χ2v) is 9.90. The summed E-state index contributed by atoms with van der Waals surface area (Å²) in [5.41, 5.74) is 0.796. The van der Waals surface area contributed by atoms with E-state index in [4.69, 9.17) is 4.74 Å². The minimum absolute atomic E-state index is 0.153. The number of hydrogen-bond acceptors (Lipinski definition) is 4. The molecular weight excluding hydrogens is 400 g/mol. The number of hydrogen-bond donors (Lipinski definition) is 2. The van der Waals surface area contributed by atoms with Crippen molar-refractivity contribution in [2.45, 2.75) is 55.9 Å². The number of rotatable bonds is 8. The molecule has 0 atom stereocenters. The van der Waals surface area contributed by atoms with Crippen molar-refractivity contribution in [1.82, 2.24) is 5.32 Å². The normalized spacial score (nSPS) is 17.3. The van der Waals surface area contributed by atoms with E-state index < -0.39 is 10.0 Å². The molecule has 7 heteroatoms. The molecule has 2 aliphatic carbocycles. The second-order valence-electron chi connectivity index (χ2n) is 8.22. The zero-order valence-corrected chi connectivity index (χ0v) is 17.8. The molecule has 0 saturated heterocycles. The van der Waals surface area contributed by atoms with Crippen molar-refractivity contribution in [2.24, 2.45) is 5.92 Å². The molecule has 0 radical (unpaired) electrons. The lowest BCUT2D eigenvalue weighted by atomic mass is 9.90. The Morgan fingerprint density at radius 3 is 2.40 bits per heavy atom. The largest absolute Gasteiger partial charge is 0.493 e. The number of carbonyl (C=O) groups is 1. The van der Waals surface area contributed by atoms with E-state index in [0.717, 1.165) is 12.8 Å². The Kier molecular flexibility index (Phi) is 6.27. The molecule has 160 valence electrons.